The molecule has 1 aliphatic heterocycles. The molecule has 2 amide bonds. The van der Waals surface area contributed by atoms with E-state index in [1.165, 1.54) is 18.2 Å². The van der Waals surface area contributed by atoms with Crippen LogP contribution in [0.5, 0.6) is 0 Å². The Balaban J connectivity index is 1.42. The molecule has 2 aromatic carbocycles. The lowest BCUT2D eigenvalue weighted by atomic mass is 9.98. The van der Waals surface area contributed by atoms with Crippen molar-refractivity contribution in [3.05, 3.63) is 69.9 Å². The first kappa shape index (κ1) is 21.1. The average Bonchev–Trinajstić information content (AvgIpc) is 3.28. The van der Waals surface area contributed by atoms with Crippen LogP contribution in [0.25, 0.3) is 11.0 Å². The number of aromatic nitrogens is 4. The smallest absolute Gasteiger partial charge is 0.326 e. The Kier molecular flexibility index (Phi) is 5.17. The molecule has 0 bridgehead atoms. The van der Waals surface area contributed by atoms with E-state index in [9.17, 15) is 14.9 Å². The zero-order valence-corrected chi connectivity index (χ0v) is 18.1. The first-order valence-corrected chi connectivity index (χ1v) is 10.5. The molecule has 12 heteroatoms. The summed E-state index contributed by atoms with van der Waals surface area (Å²) in [6, 6.07) is 11.5. The number of aryl methyl sites for hydroxylation is 1. The number of nitrogen functional groups attached to an aromatic ring is 1. The maximum Gasteiger partial charge on any atom is 0.326 e. The molecule has 1 aliphatic rings. The summed E-state index contributed by atoms with van der Waals surface area (Å²) >= 11 is 0. The lowest BCUT2D eigenvalue weighted by molar-refractivity contribution is -0.384. The molecule has 4 aromatic rings. The molecule has 34 heavy (non-hydrogen) atoms. The summed E-state index contributed by atoms with van der Waals surface area (Å²) in [4.78, 5) is 34.0. The molecular weight excluding hydrogens is 438 g/mol. The normalized spacial score (nSPS) is 15.1. The number of amides is 2. The number of rotatable bonds is 4. The molecule has 0 fully saturated rings. The van der Waals surface area contributed by atoms with Gasteiger partial charge in [-0.25, -0.2) is 4.79 Å². The number of hydrogen-bond acceptors (Lipinski definition) is 8. The topological polar surface area (TPSA) is 168 Å². The van der Waals surface area contributed by atoms with Crippen LogP contribution in [0.1, 0.15) is 11.1 Å². The van der Waals surface area contributed by atoms with Crippen molar-refractivity contribution in [3.63, 3.8) is 0 Å². The first-order valence-electron chi connectivity index (χ1n) is 10.5. The van der Waals surface area contributed by atoms with E-state index in [-0.39, 0.29) is 23.7 Å². The third-order valence-electron chi connectivity index (χ3n) is 5.73. The van der Waals surface area contributed by atoms with Gasteiger partial charge in [0.1, 0.15) is 5.82 Å². The third kappa shape index (κ3) is 3.92. The van der Waals surface area contributed by atoms with Crippen LogP contribution in [0.15, 0.2) is 48.7 Å². The summed E-state index contributed by atoms with van der Waals surface area (Å²) in [6.07, 6.45) is 2.29. The molecule has 2 aromatic heterocycles. The number of nitrogens with two attached hydrogens (primary N) is 1. The van der Waals surface area contributed by atoms with Crippen molar-refractivity contribution >= 4 is 45.9 Å². The molecule has 0 spiro atoms. The summed E-state index contributed by atoms with van der Waals surface area (Å²) in [7, 11) is 0. The van der Waals surface area contributed by atoms with Gasteiger partial charge < -0.3 is 16.4 Å². The maximum absolute atomic E-state index is 13.3. The van der Waals surface area contributed by atoms with Crippen LogP contribution in [0.4, 0.5) is 33.6 Å². The summed E-state index contributed by atoms with van der Waals surface area (Å²) in [6.45, 7) is 2.07. The molecule has 1 atom stereocenters. The van der Waals surface area contributed by atoms with Crippen molar-refractivity contribution in [3.8, 4) is 0 Å². The van der Waals surface area contributed by atoms with Gasteiger partial charge in [-0.05, 0) is 36.6 Å². The van der Waals surface area contributed by atoms with Crippen LogP contribution in [-0.2, 0) is 6.42 Å². The Bertz CT molecular complexity index is 1420. The van der Waals surface area contributed by atoms with Crippen LogP contribution < -0.4 is 21.3 Å². The number of nitrogens with one attached hydrogen (secondary N) is 3. The Morgan fingerprint density at radius 2 is 2.09 bits per heavy atom. The SMILES string of the molecule is Cc1cc([N+](=O)[O-])ccc1NC(=O)N1CC(Nc2nc(N)nc3[nH]ncc23)Cc2ccccc21. The number of anilines is 4. The predicted molar refractivity (Wildman–Crippen MR) is 128 cm³/mol. The summed E-state index contributed by atoms with van der Waals surface area (Å²) in [5.41, 5.74) is 9.23. The molecule has 172 valence electrons. The molecule has 12 nitrogen and oxygen atoms in total. The number of carbonyl (C=O) groups is 1. The third-order valence-corrected chi connectivity index (χ3v) is 5.73. The van der Waals surface area contributed by atoms with Crippen LogP contribution in [-0.4, -0.2) is 43.7 Å². The van der Waals surface area contributed by atoms with Gasteiger partial charge in [-0.1, -0.05) is 18.2 Å². The number of non-ortho nitro benzene ring substituents is 1. The van der Waals surface area contributed by atoms with Gasteiger partial charge in [0, 0.05) is 36.1 Å². The maximum atomic E-state index is 13.3. The first-order chi connectivity index (χ1) is 16.4. The van der Waals surface area contributed by atoms with E-state index < -0.39 is 4.92 Å². The van der Waals surface area contributed by atoms with E-state index >= 15 is 0 Å². The van der Waals surface area contributed by atoms with Gasteiger partial charge in [-0.15, -0.1) is 0 Å². The predicted octanol–water partition coefficient (Wildman–Crippen LogP) is 3.23. The van der Waals surface area contributed by atoms with Crippen molar-refractivity contribution in [1.29, 1.82) is 0 Å². The van der Waals surface area contributed by atoms with Crippen molar-refractivity contribution in [2.75, 3.05) is 27.8 Å². The zero-order chi connectivity index (χ0) is 23.8. The Morgan fingerprint density at radius 3 is 2.88 bits per heavy atom. The number of para-hydroxylation sites is 1. The Labute approximate surface area is 193 Å². The van der Waals surface area contributed by atoms with E-state index in [0.29, 0.717) is 41.1 Å². The monoisotopic (exact) mass is 459 g/mol. The standard InChI is InChI=1S/C22H21N9O3/c1-12-8-15(31(33)34)6-7-17(12)26-22(32)30-11-14(9-13-4-2-3-5-18(13)30)25-19-16-10-24-29-20(16)28-21(23)27-19/h2-8,10,14H,9,11H2,1H3,(H,26,32)(H4,23,24,25,27,28,29). The molecule has 0 saturated carbocycles. The van der Waals surface area contributed by atoms with Gasteiger partial charge in [0.2, 0.25) is 5.95 Å². The highest BCUT2D eigenvalue weighted by molar-refractivity contribution is 6.03. The zero-order valence-electron chi connectivity index (χ0n) is 18.1. The molecule has 3 heterocycles. The van der Waals surface area contributed by atoms with Gasteiger partial charge >= 0.3 is 6.03 Å². The van der Waals surface area contributed by atoms with Gasteiger partial charge in [-0.3, -0.25) is 20.1 Å². The number of nitro benzene ring substituents is 1. The largest absolute Gasteiger partial charge is 0.368 e. The summed E-state index contributed by atoms with van der Waals surface area (Å²) in [5, 5.41) is 24.8. The highest BCUT2D eigenvalue weighted by Gasteiger charge is 2.29. The van der Waals surface area contributed by atoms with E-state index in [1.807, 2.05) is 24.3 Å². The number of hydrogen-bond donors (Lipinski definition) is 4. The number of fused-ring (bicyclic) bond motifs is 2. The van der Waals surface area contributed by atoms with Gasteiger partial charge in [0.15, 0.2) is 5.65 Å². The summed E-state index contributed by atoms with van der Waals surface area (Å²) < 4.78 is 0. The molecule has 1 unspecified atom stereocenters. The minimum absolute atomic E-state index is 0.0298. The van der Waals surface area contributed by atoms with E-state index in [1.54, 1.807) is 18.0 Å². The Morgan fingerprint density at radius 1 is 1.26 bits per heavy atom. The van der Waals surface area contributed by atoms with Gasteiger partial charge in [0.05, 0.1) is 16.5 Å². The fraction of sp³-hybridized carbons (Fsp3) is 0.182. The van der Waals surface area contributed by atoms with Crippen LogP contribution in [0.2, 0.25) is 0 Å². The number of carbonyl (C=O) groups excluding carboxylic acids is 1. The van der Waals surface area contributed by atoms with Crippen molar-refractivity contribution in [2.24, 2.45) is 0 Å². The van der Waals surface area contributed by atoms with Gasteiger partial charge in [0.25, 0.3) is 5.69 Å². The number of aromatic amines is 1. The second-order valence-corrected chi connectivity index (χ2v) is 8.03. The van der Waals surface area contributed by atoms with Crippen LogP contribution in [0.3, 0.4) is 0 Å². The molecular formula is C22H21N9O3. The molecule has 5 rings (SSSR count). The van der Waals surface area contributed by atoms with Crippen molar-refractivity contribution < 1.29 is 9.72 Å². The van der Waals surface area contributed by atoms with E-state index in [0.717, 1.165) is 11.3 Å². The lowest BCUT2D eigenvalue weighted by Crippen LogP contribution is -2.47. The second kappa shape index (κ2) is 8.31. The quantitative estimate of drug-likeness (QED) is 0.266. The minimum Gasteiger partial charge on any atom is -0.368 e. The number of urea groups is 1. The number of nitro groups is 1. The fourth-order valence-electron chi connectivity index (χ4n) is 4.12. The van der Waals surface area contributed by atoms with Crippen molar-refractivity contribution in [2.45, 2.75) is 19.4 Å². The second-order valence-electron chi connectivity index (χ2n) is 8.03. The molecule has 0 saturated heterocycles. The lowest BCUT2D eigenvalue weighted by Gasteiger charge is -2.35. The highest BCUT2D eigenvalue weighted by Crippen LogP contribution is 2.30. The number of nitrogens with zero attached hydrogens (tertiary/aromatic N) is 5. The van der Waals surface area contributed by atoms with Crippen LogP contribution in [0, 0.1) is 17.0 Å². The Hall–Kier alpha value is -4.74. The van der Waals surface area contributed by atoms with E-state index in [4.69, 9.17) is 5.73 Å². The minimum atomic E-state index is -0.466. The van der Waals surface area contributed by atoms with Crippen LogP contribution >= 0.6 is 0 Å². The molecule has 5 N–H and O–H groups in total. The number of benzene rings is 2. The summed E-state index contributed by atoms with van der Waals surface area (Å²) in [5.74, 6) is 0.644. The fourth-order valence-corrected chi connectivity index (χ4v) is 4.12. The average molecular weight is 459 g/mol. The highest BCUT2D eigenvalue weighted by atomic mass is 16.6. The van der Waals surface area contributed by atoms with Gasteiger partial charge in [-0.2, -0.15) is 15.1 Å². The number of H-pyrrole nitrogens is 1. The molecule has 0 radical (unpaired) electrons. The molecule has 0 aliphatic carbocycles. The van der Waals surface area contributed by atoms with E-state index in [2.05, 4.69) is 30.8 Å². The van der Waals surface area contributed by atoms with Crippen molar-refractivity contribution in [1.82, 2.24) is 20.2 Å².